The molecular weight excluding hydrogens is 402 g/mol. The van der Waals surface area contributed by atoms with Crippen molar-refractivity contribution in [2.45, 2.75) is 24.8 Å². The number of aromatic amines is 1. The minimum absolute atomic E-state index is 0.0306. The fraction of sp³-hybridized carbons (Fsp3) is 0.320. The highest BCUT2D eigenvalue weighted by Gasteiger charge is 2.43. The van der Waals surface area contributed by atoms with Gasteiger partial charge in [-0.1, -0.05) is 18.2 Å². The molecule has 1 aromatic heterocycles. The van der Waals surface area contributed by atoms with Crippen LogP contribution in [0.2, 0.25) is 0 Å². The molecule has 1 spiro atoms. The number of benzene rings is 2. The highest BCUT2D eigenvalue weighted by atomic mass is 16.2. The number of nitriles is 1. The van der Waals surface area contributed by atoms with E-state index in [9.17, 15) is 9.59 Å². The van der Waals surface area contributed by atoms with E-state index in [1.54, 1.807) is 4.90 Å². The highest BCUT2D eigenvalue weighted by Crippen LogP contribution is 2.32. The number of nitrogens with zero attached hydrogens (tertiary/aromatic N) is 2. The molecule has 1 aliphatic carbocycles. The van der Waals surface area contributed by atoms with Gasteiger partial charge in [0.25, 0.3) is 5.91 Å². The molecule has 2 fully saturated rings. The van der Waals surface area contributed by atoms with Crippen LogP contribution in [-0.2, 0) is 4.79 Å². The number of amides is 2. The Bertz CT molecular complexity index is 1220. The zero-order chi connectivity index (χ0) is 22.1. The molecule has 2 aromatic carbocycles. The zero-order valence-corrected chi connectivity index (χ0v) is 17.8. The quantitative estimate of drug-likeness (QED) is 0.585. The number of carbonyl (C=O) groups is 2. The SMILES string of the molecule is N#Cc1cc2cc(-c3ccc(C(=O)N4CCNC(=O)C5(CCC5)NCC4)cc3)ccc2[nH]1. The Hall–Kier alpha value is -3.63. The summed E-state index contributed by atoms with van der Waals surface area (Å²) >= 11 is 0. The minimum atomic E-state index is -0.435. The molecule has 5 rings (SSSR count). The number of fused-ring (bicyclic) bond motifs is 1. The Kier molecular flexibility index (Phi) is 5.16. The van der Waals surface area contributed by atoms with Gasteiger partial charge in [0.1, 0.15) is 11.8 Å². The van der Waals surface area contributed by atoms with Crippen LogP contribution < -0.4 is 10.6 Å². The van der Waals surface area contributed by atoms with Crippen molar-refractivity contribution >= 4 is 22.7 Å². The van der Waals surface area contributed by atoms with Crippen LogP contribution in [0.25, 0.3) is 22.0 Å². The largest absolute Gasteiger partial charge is 0.353 e. The van der Waals surface area contributed by atoms with Crippen LogP contribution in [-0.4, -0.2) is 53.4 Å². The van der Waals surface area contributed by atoms with Crippen molar-refractivity contribution in [3.8, 4) is 17.2 Å². The maximum absolute atomic E-state index is 13.1. The second-order valence-electron chi connectivity index (χ2n) is 8.58. The predicted molar refractivity (Wildman–Crippen MR) is 122 cm³/mol. The molecule has 1 saturated carbocycles. The number of hydrogen-bond acceptors (Lipinski definition) is 4. The monoisotopic (exact) mass is 427 g/mol. The molecule has 32 heavy (non-hydrogen) atoms. The maximum Gasteiger partial charge on any atom is 0.253 e. The molecule has 2 amide bonds. The van der Waals surface area contributed by atoms with Crippen LogP contribution in [0.4, 0.5) is 0 Å². The van der Waals surface area contributed by atoms with Crippen LogP contribution >= 0.6 is 0 Å². The van der Waals surface area contributed by atoms with Gasteiger partial charge in [-0.25, -0.2) is 0 Å². The Morgan fingerprint density at radius 2 is 1.75 bits per heavy atom. The lowest BCUT2D eigenvalue weighted by Gasteiger charge is -2.40. The summed E-state index contributed by atoms with van der Waals surface area (Å²) in [5.74, 6) is 0.0283. The van der Waals surface area contributed by atoms with Crippen LogP contribution in [0.15, 0.2) is 48.5 Å². The molecule has 0 atom stereocenters. The standard InChI is InChI=1S/C25H25N5O2/c26-16-21-15-20-14-19(6-7-22(20)29-21)17-2-4-18(5-3-17)23(31)30-12-10-27-24(32)25(8-1-9-25)28-11-13-30/h2-7,14-15,28-29H,1,8-13H2,(H,27,32). The lowest BCUT2D eigenvalue weighted by molar-refractivity contribution is -0.130. The molecule has 0 bridgehead atoms. The van der Waals surface area contributed by atoms with Gasteiger partial charge in [0.2, 0.25) is 5.91 Å². The van der Waals surface area contributed by atoms with Gasteiger partial charge in [0.15, 0.2) is 0 Å². The number of carbonyl (C=O) groups excluding carboxylic acids is 2. The van der Waals surface area contributed by atoms with Gasteiger partial charge in [-0.05, 0) is 60.7 Å². The minimum Gasteiger partial charge on any atom is -0.353 e. The van der Waals surface area contributed by atoms with Gasteiger partial charge in [0, 0.05) is 42.6 Å². The molecule has 0 unspecified atom stereocenters. The van der Waals surface area contributed by atoms with Crippen molar-refractivity contribution < 1.29 is 9.59 Å². The van der Waals surface area contributed by atoms with Gasteiger partial charge in [-0.2, -0.15) is 5.26 Å². The third-order valence-electron chi connectivity index (χ3n) is 6.65. The molecule has 7 nitrogen and oxygen atoms in total. The second kappa shape index (κ2) is 8.13. The molecule has 3 N–H and O–H groups in total. The van der Waals surface area contributed by atoms with Gasteiger partial charge in [0.05, 0.1) is 5.54 Å². The van der Waals surface area contributed by atoms with E-state index in [1.165, 1.54) is 0 Å². The van der Waals surface area contributed by atoms with Gasteiger partial charge >= 0.3 is 0 Å². The fourth-order valence-electron chi connectivity index (χ4n) is 4.59. The normalized spacial score (nSPS) is 18.2. The lowest BCUT2D eigenvalue weighted by Crippen LogP contribution is -2.61. The van der Waals surface area contributed by atoms with Crippen LogP contribution in [0, 0.1) is 11.3 Å². The van der Waals surface area contributed by atoms with E-state index in [0.717, 1.165) is 41.3 Å². The number of H-pyrrole nitrogens is 1. The van der Waals surface area contributed by atoms with E-state index in [-0.39, 0.29) is 11.8 Å². The summed E-state index contributed by atoms with van der Waals surface area (Å²) in [6.07, 6.45) is 2.78. The molecule has 0 radical (unpaired) electrons. The molecule has 1 aliphatic heterocycles. The fourth-order valence-corrected chi connectivity index (χ4v) is 4.59. The summed E-state index contributed by atoms with van der Waals surface area (Å²) in [6.45, 7) is 2.14. The van der Waals surface area contributed by atoms with Crippen molar-refractivity contribution in [2.24, 2.45) is 0 Å². The molecule has 7 heteroatoms. The van der Waals surface area contributed by atoms with Crippen molar-refractivity contribution in [1.82, 2.24) is 20.5 Å². The van der Waals surface area contributed by atoms with Crippen molar-refractivity contribution in [3.05, 3.63) is 59.8 Å². The molecule has 3 aromatic rings. The van der Waals surface area contributed by atoms with Crippen molar-refractivity contribution in [3.63, 3.8) is 0 Å². The molecule has 1 saturated heterocycles. The van der Waals surface area contributed by atoms with E-state index < -0.39 is 5.54 Å². The Morgan fingerprint density at radius 3 is 2.47 bits per heavy atom. The molecule has 2 heterocycles. The van der Waals surface area contributed by atoms with Gasteiger partial charge in [-0.15, -0.1) is 0 Å². The first-order chi connectivity index (χ1) is 15.6. The topological polar surface area (TPSA) is 101 Å². The summed E-state index contributed by atoms with van der Waals surface area (Å²) < 4.78 is 0. The van der Waals surface area contributed by atoms with E-state index in [1.807, 2.05) is 48.5 Å². The summed E-state index contributed by atoms with van der Waals surface area (Å²) in [7, 11) is 0. The first-order valence-corrected chi connectivity index (χ1v) is 11.0. The molecule has 162 valence electrons. The van der Waals surface area contributed by atoms with E-state index in [0.29, 0.717) is 37.4 Å². The van der Waals surface area contributed by atoms with E-state index >= 15 is 0 Å². The average molecular weight is 428 g/mol. The third kappa shape index (κ3) is 3.63. The van der Waals surface area contributed by atoms with Crippen LogP contribution in [0.1, 0.15) is 35.3 Å². The Balaban J connectivity index is 1.30. The van der Waals surface area contributed by atoms with E-state index in [4.69, 9.17) is 5.26 Å². The first kappa shape index (κ1) is 20.3. The van der Waals surface area contributed by atoms with E-state index in [2.05, 4.69) is 21.7 Å². The summed E-state index contributed by atoms with van der Waals surface area (Å²) in [4.78, 5) is 30.4. The number of rotatable bonds is 2. The van der Waals surface area contributed by atoms with Gasteiger partial charge < -0.3 is 20.5 Å². The molecule has 2 aliphatic rings. The first-order valence-electron chi connectivity index (χ1n) is 11.0. The summed E-state index contributed by atoms with van der Waals surface area (Å²) in [5.41, 5.74) is 3.70. The number of nitrogens with one attached hydrogen (secondary N) is 3. The van der Waals surface area contributed by atoms with Gasteiger partial charge in [-0.3, -0.25) is 9.59 Å². The van der Waals surface area contributed by atoms with Crippen molar-refractivity contribution in [2.75, 3.05) is 26.2 Å². The maximum atomic E-state index is 13.1. The zero-order valence-electron chi connectivity index (χ0n) is 17.8. The number of hydrogen-bond donors (Lipinski definition) is 3. The summed E-state index contributed by atoms with van der Waals surface area (Å²) in [5, 5.41) is 16.4. The second-order valence-corrected chi connectivity index (χ2v) is 8.58. The number of aromatic nitrogens is 1. The average Bonchev–Trinajstić information content (AvgIpc) is 3.24. The van der Waals surface area contributed by atoms with Crippen molar-refractivity contribution in [1.29, 1.82) is 5.26 Å². The Morgan fingerprint density at radius 1 is 1.00 bits per heavy atom. The lowest BCUT2D eigenvalue weighted by atomic mass is 9.76. The van der Waals surface area contributed by atoms with Crippen LogP contribution in [0.5, 0.6) is 0 Å². The third-order valence-corrected chi connectivity index (χ3v) is 6.65. The highest BCUT2D eigenvalue weighted by molar-refractivity contribution is 5.95. The predicted octanol–water partition coefficient (Wildman–Crippen LogP) is 2.79. The molecular formula is C25H25N5O2. The smallest absolute Gasteiger partial charge is 0.253 e. The summed E-state index contributed by atoms with van der Waals surface area (Å²) in [6, 6.07) is 17.6. The Labute approximate surface area is 186 Å². The van der Waals surface area contributed by atoms with Crippen LogP contribution in [0.3, 0.4) is 0 Å².